The van der Waals surface area contributed by atoms with Gasteiger partial charge < -0.3 is 5.32 Å². The smallest absolute Gasteiger partial charge is 0.0825 e. The van der Waals surface area contributed by atoms with Gasteiger partial charge in [-0.05, 0) is 26.7 Å². The lowest BCUT2D eigenvalue weighted by Gasteiger charge is -2.13. The van der Waals surface area contributed by atoms with E-state index in [1.165, 1.54) is 31.4 Å². The van der Waals surface area contributed by atoms with Gasteiger partial charge in [-0.15, -0.1) is 0 Å². The van der Waals surface area contributed by atoms with Crippen molar-refractivity contribution in [2.75, 3.05) is 5.32 Å². The Labute approximate surface area is 78.9 Å². The van der Waals surface area contributed by atoms with Crippen molar-refractivity contribution in [2.24, 2.45) is 0 Å². The van der Waals surface area contributed by atoms with Gasteiger partial charge in [-0.1, -0.05) is 12.8 Å². The third-order valence-electron chi connectivity index (χ3n) is 2.83. The first kappa shape index (κ1) is 8.60. The molecule has 0 bridgehead atoms. The van der Waals surface area contributed by atoms with Crippen LogP contribution in [0.4, 0.5) is 5.69 Å². The van der Waals surface area contributed by atoms with Gasteiger partial charge in [0.2, 0.25) is 0 Å². The predicted molar refractivity (Wildman–Crippen MR) is 53.9 cm³/mol. The van der Waals surface area contributed by atoms with Crippen LogP contribution in [0, 0.1) is 13.8 Å². The number of hydrogen-bond acceptors (Lipinski definition) is 2. The summed E-state index contributed by atoms with van der Waals surface area (Å²) in [6.45, 7) is 4.11. The summed E-state index contributed by atoms with van der Waals surface area (Å²) in [5.41, 5.74) is 3.46. The maximum atomic E-state index is 4.17. The summed E-state index contributed by atoms with van der Waals surface area (Å²) >= 11 is 0. The van der Waals surface area contributed by atoms with E-state index in [1.807, 2.05) is 6.92 Å². The van der Waals surface area contributed by atoms with E-state index in [2.05, 4.69) is 22.4 Å². The van der Waals surface area contributed by atoms with E-state index < -0.39 is 0 Å². The Bertz CT molecular complexity index is 265. The van der Waals surface area contributed by atoms with Gasteiger partial charge >= 0.3 is 0 Å². The van der Waals surface area contributed by atoms with E-state index >= 15 is 0 Å². The fraction of sp³-hybridized carbons (Fsp3) is 0.700. The lowest BCUT2D eigenvalue weighted by Crippen LogP contribution is -2.15. The van der Waals surface area contributed by atoms with Crippen LogP contribution < -0.4 is 5.32 Å². The molecule has 0 atom stereocenters. The zero-order valence-corrected chi connectivity index (χ0v) is 8.35. The molecular weight excluding hydrogens is 162 g/mol. The van der Waals surface area contributed by atoms with Crippen molar-refractivity contribution in [3.63, 3.8) is 0 Å². The second kappa shape index (κ2) is 3.40. The Morgan fingerprint density at radius 3 is 2.54 bits per heavy atom. The summed E-state index contributed by atoms with van der Waals surface area (Å²) in [5, 5.41) is 10.7. The molecule has 1 fully saturated rings. The van der Waals surface area contributed by atoms with Crippen LogP contribution in [0.5, 0.6) is 0 Å². The number of nitrogens with one attached hydrogen (secondary N) is 2. The number of H-pyrrole nitrogens is 1. The van der Waals surface area contributed by atoms with Gasteiger partial charge in [-0.2, -0.15) is 5.10 Å². The maximum absolute atomic E-state index is 4.17. The molecule has 3 nitrogen and oxygen atoms in total. The van der Waals surface area contributed by atoms with E-state index in [1.54, 1.807) is 0 Å². The third-order valence-corrected chi connectivity index (χ3v) is 2.83. The summed E-state index contributed by atoms with van der Waals surface area (Å²) in [7, 11) is 0. The Morgan fingerprint density at radius 2 is 2.00 bits per heavy atom. The molecule has 1 aromatic rings. The van der Waals surface area contributed by atoms with Crippen LogP contribution in [0.2, 0.25) is 0 Å². The molecule has 0 unspecified atom stereocenters. The molecule has 13 heavy (non-hydrogen) atoms. The number of anilines is 1. The van der Waals surface area contributed by atoms with Crippen molar-refractivity contribution in [2.45, 2.75) is 45.6 Å². The lowest BCUT2D eigenvalue weighted by atomic mass is 10.2. The molecule has 0 radical (unpaired) electrons. The van der Waals surface area contributed by atoms with Crippen LogP contribution >= 0.6 is 0 Å². The molecule has 2 N–H and O–H groups in total. The molecule has 0 amide bonds. The molecule has 3 heteroatoms. The summed E-state index contributed by atoms with van der Waals surface area (Å²) in [6, 6.07) is 0.676. The minimum atomic E-state index is 0.676. The number of aromatic nitrogens is 2. The Morgan fingerprint density at radius 1 is 1.31 bits per heavy atom. The quantitative estimate of drug-likeness (QED) is 0.731. The summed E-state index contributed by atoms with van der Waals surface area (Å²) < 4.78 is 0. The van der Waals surface area contributed by atoms with Gasteiger partial charge in [0.25, 0.3) is 0 Å². The first-order valence-electron chi connectivity index (χ1n) is 5.05. The fourth-order valence-electron chi connectivity index (χ4n) is 2.04. The Hall–Kier alpha value is -0.990. The number of aryl methyl sites for hydroxylation is 2. The number of aromatic amines is 1. The number of nitrogens with zero attached hydrogens (tertiary/aromatic N) is 1. The minimum absolute atomic E-state index is 0.676. The topological polar surface area (TPSA) is 40.7 Å². The van der Waals surface area contributed by atoms with Gasteiger partial charge in [-0.3, -0.25) is 5.10 Å². The second-order valence-corrected chi connectivity index (χ2v) is 3.93. The van der Waals surface area contributed by atoms with Gasteiger partial charge in [0.1, 0.15) is 0 Å². The van der Waals surface area contributed by atoms with Crippen molar-refractivity contribution in [3.05, 3.63) is 11.4 Å². The highest BCUT2D eigenvalue weighted by Crippen LogP contribution is 2.24. The molecule has 1 aromatic heterocycles. The van der Waals surface area contributed by atoms with E-state index in [9.17, 15) is 0 Å². The highest BCUT2D eigenvalue weighted by atomic mass is 15.2. The van der Waals surface area contributed by atoms with Crippen molar-refractivity contribution in [1.82, 2.24) is 10.2 Å². The molecule has 0 saturated heterocycles. The van der Waals surface area contributed by atoms with E-state index in [0.717, 1.165) is 11.4 Å². The number of rotatable bonds is 2. The standard InChI is InChI=1S/C10H17N3/c1-7-10(8(2)13-12-7)11-9-5-3-4-6-9/h9,11H,3-6H2,1-2H3,(H,12,13). The highest BCUT2D eigenvalue weighted by Gasteiger charge is 2.16. The van der Waals surface area contributed by atoms with Crippen LogP contribution in [-0.2, 0) is 0 Å². The van der Waals surface area contributed by atoms with Crippen LogP contribution in [0.1, 0.15) is 37.1 Å². The molecule has 1 heterocycles. The van der Waals surface area contributed by atoms with Crippen LogP contribution in [0.15, 0.2) is 0 Å². The Kier molecular flexibility index (Phi) is 2.25. The minimum Gasteiger partial charge on any atom is -0.379 e. The van der Waals surface area contributed by atoms with E-state index in [0.29, 0.717) is 6.04 Å². The second-order valence-electron chi connectivity index (χ2n) is 3.93. The van der Waals surface area contributed by atoms with Gasteiger partial charge in [0.15, 0.2) is 0 Å². The first-order valence-corrected chi connectivity index (χ1v) is 5.05. The van der Waals surface area contributed by atoms with Crippen LogP contribution in [-0.4, -0.2) is 16.2 Å². The molecule has 0 aromatic carbocycles. The molecule has 0 aliphatic heterocycles. The third kappa shape index (κ3) is 1.69. The van der Waals surface area contributed by atoms with Crippen molar-refractivity contribution in [3.8, 4) is 0 Å². The van der Waals surface area contributed by atoms with Crippen molar-refractivity contribution < 1.29 is 0 Å². The lowest BCUT2D eigenvalue weighted by molar-refractivity contribution is 0.753. The zero-order chi connectivity index (χ0) is 9.26. The molecular formula is C10H17N3. The fourth-order valence-corrected chi connectivity index (χ4v) is 2.04. The van der Waals surface area contributed by atoms with Gasteiger partial charge in [0.05, 0.1) is 17.1 Å². The molecule has 0 spiro atoms. The molecule has 1 aliphatic carbocycles. The number of hydrogen-bond donors (Lipinski definition) is 2. The van der Waals surface area contributed by atoms with Crippen molar-refractivity contribution in [1.29, 1.82) is 0 Å². The molecule has 2 rings (SSSR count). The first-order chi connectivity index (χ1) is 6.27. The summed E-state index contributed by atoms with van der Waals surface area (Å²) in [5.74, 6) is 0. The van der Waals surface area contributed by atoms with E-state index in [4.69, 9.17) is 0 Å². The van der Waals surface area contributed by atoms with Crippen LogP contribution in [0.25, 0.3) is 0 Å². The van der Waals surface area contributed by atoms with Gasteiger partial charge in [0, 0.05) is 6.04 Å². The highest BCUT2D eigenvalue weighted by molar-refractivity contribution is 5.52. The predicted octanol–water partition coefficient (Wildman–Crippen LogP) is 2.38. The summed E-state index contributed by atoms with van der Waals surface area (Å²) in [6.07, 6.45) is 5.36. The Balaban J connectivity index is 2.07. The molecule has 1 saturated carbocycles. The largest absolute Gasteiger partial charge is 0.379 e. The van der Waals surface area contributed by atoms with Crippen LogP contribution in [0.3, 0.4) is 0 Å². The monoisotopic (exact) mass is 179 g/mol. The molecule has 1 aliphatic rings. The SMILES string of the molecule is Cc1n[nH]c(C)c1NC1CCCC1. The average Bonchev–Trinajstić information content (AvgIpc) is 2.70. The van der Waals surface area contributed by atoms with Crippen molar-refractivity contribution >= 4 is 5.69 Å². The average molecular weight is 179 g/mol. The van der Waals surface area contributed by atoms with E-state index in [-0.39, 0.29) is 0 Å². The summed E-state index contributed by atoms with van der Waals surface area (Å²) in [4.78, 5) is 0. The molecule has 72 valence electrons. The normalized spacial score (nSPS) is 18.0. The van der Waals surface area contributed by atoms with Gasteiger partial charge in [-0.25, -0.2) is 0 Å². The zero-order valence-electron chi connectivity index (χ0n) is 8.35. The maximum Gasteiger partial charge on any atom is 0.0825 e.